The van der Waals surface area contributed by atoms with Crippen LogP contribution in [0.15, 0.2) is 57.2 Å². The van der Waals surface area contributed by atoms with Crippen LogP contribution in [0.3, 0.4) is 0 Å². The van der Waals surface area contributed by atoms with E-state index in [-0.39, 0.29) is 11.8 Å². The minimum absolute atomic E-state index is 0.0618. The van der Waals surface area contributed by atoms with Crippen molar-refractivity contribution >= 4 is 49.3 Å². The number of anilines is 3. The molecule has 1 aliphatic heterocycles. The van der Waals surface area contributed by atoms with Crippen LogP contribution in [0.2, 0.25) is 0 Å². The van der Waals surface area contributed by atoms with Crippen molar-refractivity contribution in [2.75, 3.05) is 42.3 Å². The van der Waals surface area contributed by atoms with Crippen LogP contribution in [-0.2, 0) is 21.3 Å². The first-order valence-electron chi connectivity index (χ1n) is 10.9. The second-order valence-electron chi connectivity index (χ2n) is 7.97. The van der Waals surface area contributed by atoms with Crippen LogP contribution in [0.5, 0.6) is 0 Å². The number of thiophene rings is 1. The maximum absolute atomic E-state index is 12.7. The minimum Gasteiger partial charge on any atom is -0.439 e. The third-order valence-corrected chi connectivity index (χ3v) is 7.23. The van der Waals surface area contributed by atoms with Gasteiger partial charge >= 0.3 is 0 Å². The van der Waals surface area contributed by atoms with Gasteiger partial charge in [-0.2, -0.15) is 8.42 Å². The maximum Gasteiger partial charge on any atom is 0.265 e. The molecule has 0 unspecified atom stereocenters. The van der Waals surface area contributed by atoms with Crippen LogP contribution in [0.4, 0.5) is 17.5 Å². The number of nitrogens with zero attached hydrogens (tertiary/aromatic N) is 3. The molecule has 10 nitrogen and oxygen atoms in total. The zero-order chi connectivity index (χ0) is 24.4. The summed E-state index contributed by atoms with van der Waals surface area (Å²) < 4.78 is 43.0. The quantitative estimate of drug-likeness (QED) is 0.354. The molecule has 182 valence electrons. The van der Waals surface area contributed by atoms with Crippen LogP contribution in [0.25, 0.3) is 21.4 Å². The van der Waals surface area contributed by atoms with Crippen molar-refractivity contribution < 1.29 is 22.1 Å². The standard InChI is InChI=1S/C23H22N4O6S2/c28-19-13-20(27-8-10-32-11-9-27)33-21-18(14-34-22(19)21)15-1-3-16(4-2-15)25-23-24-7-5-17(26-23)6-12-35(29,30)31/h1-5,7,13-14H,6,8-12H2,(H,24,25,26)(H,29,30,31). The van der Waals surface area contributed by atoms with Crippen LogP contribution >= 0.6 is 11.3 Å². The summed E-state index contributed by atoms with van der Waals surface area (Å²) in [4.78, 5) is 23.2. The van der Waals surface area contributed by atoms with Crippen LogP contribution in [0.1, 0.15) is 5.69 Å². The van der Waals surface area contributed by atoms with E-state index in [1.54, 1.807) is 12.1 Å². The molecule has 1 fully saturated rings. The first kappa shape index (κ1) is 23.4. The fourth-order valence-corrected chi connectivity index (χ4v) is 5.14. The Hall–Kier alpha value is -3.32. The van der Waals surface area contributed by atoms with Crippen molar-refractivity contribution in [3.8, 4) is 11.1 Å². The Morgan fingerprint density at radius 2 is 1.91 bits per heavy atom. The molecule has 0 bridgehead atoms. The van der Waals surface area contributed by atoms with Gasteiger partial charge in [0.2, 0.25) is 11.4 Å². The topological polar surface area (TPSA) is 135 Å². The number of fused-ring (bicyclic) bond motifs is 1. The second kappa shape index (κ2) is 9.74. The molecule has 1 aromatic carbocycles. The van der Waals surface area contributed by atoms with Gasteiger partial charge in [-0.15, -0.1) is 11.3 Å². The van der Waals surface area contributed by atoms with Crippen molar-refractivity contribution in [3.05, 3.63) is 63.9 Å². The summed E-state index contributed by atoms with van der Waals surface area (Å²) >= 11 is 1.36. The summed E-state index contributed by atoms with van der Waals surface area (Å²) in [5.41, 5.74) is 3.47. The van der Waals surface area contributed by atoms with Gasteiger partial charge in [0.05, 0.1) is 19.0 Å². The second-order valence-corrected chi connectivity index (χ2v) is 10.4. The molecule has 0 aliphatic carbocycles. The van der Waals surface area contributed by atoms with Gasteiger partial charge in [0.1, 0.15) is 4.70 Å². The molecule has 1 saturated heterocycles. The monoisotopic (exact) mass is 514 g/mol. The molecular weight excluding hydrogens is 492 g/mol. The molecule has 0 radical (unpaired) electrons. The van der Waals surface area contributed by atoms with Crippen molar-refractivity contribution in [2.45, 2.75) is 6.42 Å². The molecule has 0 spiro atoms. The van der Waals surface area contributed by atoms with Crippen molar-refractivity contribution in [3.63, 3.8) is 0 Å². The van der Waals surface area contributed by atoms with E-state index in [1.165, 1.54) is 17.5 Å². The van der Waals surface area contributed by atoms with E-state index in [0.717, 1.165) is 16.8 Å². The lowest BCUT2D eigenvalue weighted by atomic mass is 10.1. The third kappa shape index (κ3) is 5.51. The molecule has 4 aromatic rings. The highest BCUT2D eigenvalue weighted by Crippen LogP contribution is 2.35. The number of aryl methyl sites for hydroxylation is 1. The van der Waals surface area contributed by atoms with Gasteiger partial charge in [-0.3, -0.25) is 9.35 Å². The van der Waals surface area contributed by atoms with Crippen LogP contribution < -0.4 is 15.6 Å². The van der Waals surface area contributed by atoms with Gasteiger partial charge in [0.15, 0.2) is 11.5 Å². The number of morpholine rings is 1. The zero-order valence-corrected chi connectivity index (χ0v) is 20.1. The van der Waals surface area contributed by atoms with E-state index < -0.39 is 15.9 Å². The van der Waals surface area contributed by atoms with Crippen LogP contribution in [0, 0.1) is 0 Å². The smallest absolute Gasteiger partial charge is 0.265 e. The number of hydrogen-bond donors (Lipinski definition) is 2. The van der Waals surface area contributed by atoms with E-state index in [2.05, 4.69) is 15.3 Å². The van der Waals surface area contributed by atoms with Crippen molar-refractivity contribution in [1.82, 2.24) is 9.97 Å². The fraction of sp³-hybridized carbons (Fsp3) is 0.261. The summed E-state index contributed by atoms with van der Waals surface area (Å²) in [6, 6.07) is 10.7. The zero-order valence-electron chi connectivity index (χ0n) is 18.5. The molecule has 5 rings (SSSR count). The van der Waals surface area contributed by atoms with E-state index in [1.807, 2.05) is 34.5 Å². The molecule has 1 aliphatic rings. The molecule has 0 saturated carbocycles. The van der Waals surface area contributed by atoms with Gasteiger partial charge in [-0.25, -0.2) is 9.97 Å². The first-order chi connectivity index (χ1) is 16.9. The Kier molecular flexibility index (Phi) is 6.52. The fourth-order valence-electron chi connectivity index (χ4n) is 3.76. The predicted octanol–water partition coefficient (Wildman–Crippen LogP) is 3.32. The molecule has 12 heteroatoms. The number of hydrogen-bond acceptors (Lipinski definition) is 10. The molecule has 4 heterocycles. The lowest BCUT2D eigenvalue weighted by molar-refractivity contribution is 0.121. The maximum atomic E-state index is 12.7. The molecular formula is C23H22N4O6S2. The molecule has 3 aromatic heterocycles. The largest absolute Gasteiger partial charge is 0.439 e. The number of benzene rings is 1. The number of ether oxygens (including phenoxy) is 1. The van der Waals surface area contributed by atoms with Gasteiger partial charge in [0, 0.05) is 54.1 Å². The molecule has 0 amide bonds. The minimum atomic E-state index is -4.06. The summed E-state index contributed by atoms with van der Waals surface area (Å²) in [5.74, 6) is 0.457. The lowest BCUT2D eigenvalue weighted by Crippen LogP contribution is -2.36. The Balaban J connectivity index is 1.37. The molecule has 2 N–H and O–H groups in total. The predicted molar refractivity (Wildman–Crippen MR) is 134 cm³/mol. The van der Waals surface area contributed by atoms with E-state index in [4.69, 9.17) is 13.7 Å². The highest BCUT2D eigenvalue weighted by Gasteiger charge is 2.18. The summed E-state index contributed by atoms with van der Waals surface area (Å²) in [6.45, 7) is 2.54. The average molecular weight is 515 g/mol. The Bertz CT molecular complexity index is 1510. The number of nitrogens with one attached hydrogen (secondary N) is 1. The van der Waals surface area contributed by atoms with E-state index in [0.29, 0.717) is 54.1 Å². The number of rotatable bonds is 7. The van der Waals surface area contributed by atoms with Gasteiger partial charge in [-0.05, 0) is 23.8 Å². The van der Waals surface area contributed by atoms with E-state index in [9.17, 15) is 13.2 Å². The highest BCUT2D eigenvalue weighted by molar-refractivity contribution is 7.85. The number of aromatic nitrogens is 2. The third-order valence-electron chi connectivity index (χ3n) is 5.53. The van der Waals surface area contributed by atoms with Crippen molar-refractivity contribution in [2.24, 2.45) is 0 Å². The summed E-state index contributed by atoms with van der Waals surface area (Å²) in [6.07, 6.45) is 1.60. The Morgan fingerprint density at radius 1 is 1.14 bits per heavy atom. The molecule has 0 atom stereocenters. The highest BCUT2D eigenvalue weighted by atomic mass is 32.2. The van der Waals surface area contributed by atoms with Crippen molar-refractivity contribution in [1.29, 1.82) is 0 Å². The van der Waals surface area contributed by atoms with E-state index >= 15 is 0 Å². The first-order valence-corrected chi connectivity index (χ1v) is 13.4. The van der Waals surface area contributed by atoms with Gasteiger partial charge < -0.3 is 19.4 Å². The SMILES string of the molecule is O=c1cc(N2CCOCC2)oc2c(-c3ccc(Nc4nccc(CCS(=O)(=O)O)n4)cc3)csc12. The lowest BCUT2D eigenvalue weighted by Gasteiger charge is -2.27. The summed E-state index contributed by atoms with van der Waals surface area (Å²) in [7, 11) is -4.06. The van der Waals surface area contributed by atoms with Gasteiger partial charge in [-0.1, -0.05) is 12.1 Å². The summed E-state index contributed by atoms with van der Waals surface area (Å²) in [5, 5.41) is 5.01. The van der Waals surface area contributed by atoms with Gasteiger partial charge in [0.25, 0.3) is 10.1 Å². The van der Waals surface area contributed by atoms with Crippen LogP contribution in [-0.4, -0.2) is 55.0 Å². The normalized spacial score (nSPS) is 14.4. The Labute approximate surface area is 205 Å². The average Bonchev–Trinajstić information content (AvgIpc) is 3.28. The molecule has 35 heavy (non-hydrogen) atoms. The Morgan fingerprint density at radius 3 is 2.66 bits per heavy atom.